The lowest BCUT2D eigenvalue weighted by molar-refractivity contribution is 0.199. The molecule has 3 rings (SSSR count). The van der Waals surface area contributed by atoms with Crippen molar-refractivity contribution < 1.29 is 9.84 Å². The maximum atomic E-state index is 9.52. The molecule has 1 atom stereocenters. The Morgan fingerprint density at radius 2 is 1.57 bits per heavy atom. The molecule has 0 saturated carbocycles. The molecule has 0 aliphatic heterocycles. The summed E-state index contributed by atoms with van der Waals surface area (Å²) in [5.74, 6) is 1.49. The Kier molecular flexibility index (Phi) is 3.82. The number of aliphatic hydroxyl groups excluding tert-OH is 1. The smallest absolute Gasteiger partial charge is 0.135 e. The number of fused-ring (bicyclic) bond motifs is 1. The molecule has 0 heterocycles. The molecule has 0 radical (unpaired) electrons. The van der Waals surface area contributed by atoms with Crippen LogP contribution < -0.4 is 4.74 Å². The number of halogens is 1. The van der Waals surface area contributed by atoms with E-state index in [2.05, 4.69) is 0 Å². The Labute approximate surface area is 128 Å². The molecule has 0 saturated heterocycles. The van der Waals surface area contributed by atoms with E-state index in [9.17, 15) is 5.11 Å². The number of benzene rings is 3. The highest BCUT2D eigenvalue weighted by atomic mass is 35.5. The first kappa shape index (κ1) is 13.9. The summed E-state index contributed by atoms with van der Waals surface area (Å²) in [7, 11) is 0. The fraction of sp³-hybridized carbons (Fsp3) is 0.111. The molecule has 2 nitrogen and oxygen atoms in total. The first-order valence-corrected chi connectivity index (χ1v) is 7.16. The van der Waals surface area contributed by atoms with E-state index in [1.165, 1.54) is 0 Å². The maximum Gasteiger partial charge on any atom is 0.135 e. The van der Waals surface area contributed by atoms with E-state index >= 15 is 0 Å². The van der Waals surface area contributed by atoms with E-state index < -0.39 is 6.10 Å². The predicted molar refractivity (Wildman–Crippen MR) is 86.1 cm³/mol. The number of ether oxygens (including phenoxy) is 1. The molecule has 1 N–H and O–H groups in total. The molecule has 0 spiro atoms. The molecule has 0 unspecified atom stereocenters. The van der Waals surface area contributed by atoms with Crippen LogP contribution in [0.15, 0.2) is 60.7 Å². The van der Waals surface area contributed by atoms with Crippen LogP contribution in [0.1, 0.15) is 18.6 Å². The third kappa shape index (κ3) is 2.87. The van der Waals surface area contributed by atoms with Crippen LogP contribution in [0.2, 0.25) is 5.02 Å². The Morgan fingerprint density at radius 1 is 0.905 bits per heavy atom. The molecule has 3 heteroatoms. The van der Waals surface area contributed by atoms with Crippen LogP contribution in [0, 0.1) is 0 Å². The van der Waals surface area contributed by atoms with E-state index in [-0.39, 0.29) is 0 Å². The lowest BCUT2D eigenvalue weighted by Gasteiger charge is -2.11. The van der Waals surface area contributed by atoms with Gasteiger partial charge in [0.05, 0.1) is 6.10 Å². The van der Waals surface area contributed by atoms with Gasteiger partial charge in [-0.15, -0.1) is 0 Å². The summed E-state index contributed by atoms with van der Waals surface area (Å²) in [5, 5.41) is 12.2. The second-order valence-corrected chi connectivity index (χ2v) is 5.35. The fourth-order valence-electron chi connectivity index (χ4n) is 2.27. The number of hydrogen-bond donors (Lipinski definition) is 1. The van der Waals surface area contributed by atoms with Gasteiger partial charge in [0.2, 0.25) is 0 Å². The lowest BCUT2D eigenvalue weighted by atomic mass is 10.1. The second-order valence-electron chi connectivity index (χ2n) is 4.94. The van der Waals surface area contributed by atoms with Crippen molar-refractivity contribution in [3.05, 3.63) is 71.2 Å². The molecule has 21 heavy (non-hydrogen) atoms. The molecular weight excluding hydrogens is 284 g/mol. The van der Waals surface area contributed by atoms with Crippen molar-refractivity contribution in [3.63, 3.8) is 0 Å². The van der Waals surface area contributed by atoms with Gasteiger partial charge in [0, 0.05) is 15.8 Å². The molecule has 0 amide bonds. The van der Waals surface area contributed by atoms with Crippen LogP contribution in [0.5, 0.6) is 11.5 Å². The van der Waals surface area contributed by atoms with Gasteiger partial charge < -0.3 is 9.84 Å². The van der Waals surface area contributed by atoms with Gasteiger partial charge in [-0.1, -0.05) is 48.0 Å². The zero-order chi connectivity index (χ0) is 14.8. The third-order valence-electron chi connectivity index (χ3n) is 3.42. The quantitative estimate of drug-likeness (QED) is 0.707. The molecule has 106 valence electrons. The van der Waals surface area contributed by atoms with E-state index in [0.717, 1.165) is 27.8 Å². The highest BCUT2D eigenvalue weighted by Crippen LogP contribution is 2.34. The lowest BCUT2D eigenvalue weighted by Crippen LogP contribution is -1.91. The number of aliphatic hydroxyl groups is 1. The normalized spacial score (nSPS) is 12.3. The number of rotatable bonds is 3. The summed E-state index contributed by atoms with van der Waals surface area (Å²) in [6.07, 6.45) is -0.476. The Balaban J connectivity index is 1.96. The van der Waals surface area contributed by atoms with E-state index in [4.69, 9.17) is 16.3 Å². The minimum atomic E-state index is -0.476. The summed E-state index contributed by atoms with van der Waals surface area (Å²) in [6.45, 7) is 1.74. The Hall–Kier alpha value is -2.03. The molecule has 0 aliphatic rings. The molecule has 0 bridgehead atoms. The Bertz CT molecular complexity index is 764. The van der Waals surface area contributed by atoms with Gasteiger partial charge in [-0.3, -0.25) is 0 Å². The summed E-state index contributed by atoms with van der Waals surface area (Å²) < 4.78 is 5.94. The van der Waals surface area contributed by atoms with Crippen LogP contribution in [-0.4, -0.2) is 5.11 Å². The Morgan fingerprint density at radius 3 is 2.24 bits per heavy atom. The van der Waals surface area contributed by atoms with Crippen molar-refractivity contribution >= 4 is 22.4 Å². The van der Waals surface area contributed by atoms with Crippen molar-refractivity contribution in [2.75, 3.05) is 0 Å². The first-order valence-electron chi connectivity index (χ1n) is 6.78. The van der Waals surface area contributed by atoms with Gasteiger partial charge in [-0.2, -0.15) is 0 Å². The van der Waals surface area contributed by atoms with Crippen molar-refractivity contribution in [2.24, 2.45) is 0 Å². The van der Waals surface area contributed by atoms with Gasteiger partial charge in [-0.05, 0) is 36.8 Å². The van der Waals surface area contributed by atoms with E-state index in [1.54, 1.807) is 6.92 Å². The van der Waals surface area contributed by atoms with Crippen molar-refractivity contribution in [3.8, 4) is 11.5 Å². The largest absolute Gasteiger partial charge is 0.457 e. The van der Waals surface area contributed by atoms with Gasteiger partial charge in [0.25, 0.3) is 0 Å². The second kappa shape index (κ2) is 5.76. The predicted octanol–water partition coefficient (Wildman–Crippen LogP) is 5.34. The standard InChI is InChI=1S/C18H15ClO2/c1-12(20)13-6-8-14(9-7-13)21-18-11-10-17(19)15-4-2-3-5-16(15)18/h2-12,20H,1H3/t12-/m1/s1. The minimum absolute atomic E-state index is 0.476. The monoisotopic (exact) mass is 298 g/mol. The summed E-state index contributed by atoms with van der Waals surface area (Å²) in [5.41, 5.74) is 0.864. The van der Waals surface area contributed by atoms with Crippen LogP contribution >= 0.6 is 11.6 Å². The summed E-state index contributed by atoms with van der Waals surface area (Å²) in [4.78, 5) is 0. The SMILES string of the molecule is C[C@@H](O)c1ccc(Oc2ccc(Cl)c3ccccc23)cc1. The molecule has 0 aromatic heterocycles. The molecule has 3 aromatic carbocycles. The van der Waals surface area contributed by atoms with E-state index in [1.807, 2.05) is 60.7 Å². The van der Waals surface area contributed by atoms with Crippen molar-refractivity contribution in [1.29, 1.82) is 0 Å². The average molecular weight is 299 g/mol. The number of hydrogen-bond acceptors (Lipinski definition) is 2. The fourth-order valence-corrected chi connectivity index (χ4v) is 2.49. The zero-order valence-electron chi connectivity index (χ0n) is 11.6. The zero-order valence-corrected chi connectivity index (χ0v) is 12.3. The summed E-state index contributed by atoms with van der Waals surface area (Å²) >= 11 is 6.20. The van der Waals surface area contributed by atoms with Crippen LogP contribution in [0.4, 0.5) is 0 Å². The van der Waals surface area contributed by atoms with Gasteiger partial charge in [0.1, 0.15) is 11.5 Å². The van der Waals surface area contributed by atoms with E-state index in [0.29, 0.717) is 5.02 Å². The maximum absolute atomic E-state index is 9.52. The van der Waals surface area contributed by atoms with Crippen LogP contribution in [0.25, 0.3) is 10.8 Å². The average Bonchev–Trinajstić information content (AvgIpc) is 2.51. The molecular formula is C18H15ClO2. The van der Waals surface area contributed by atoms with Gasteiger partial charge in [0.15, 0.2) is 0 Å². The molecule has 3 aromatic rings. The first-order chi connectivity index (χ1) is 10.1. The summed E-state index contributed by atoms with van der Waals surface area (Å²) in [6, 6.07) is 19.0. The molecule has 0 aliphatic carbocycles. The van der Waals surface area contributed by atoms with Crippen LogP contribution in [0.3, 0.4) is 0 Å². The third-order valence-corrected chi connectivity index (χ3v) is 3.75. The van der Waals surface area contributed by atoms with Crippen molar-refractivity contribution in [1.82, 2.24) is 0 Å². The highest BCUT2D eigenvalue weighted by molar-refractivity contribution is 6.35. The van der Waals surface area contributed by atoms with Gasteiger partial charge >= 0.3 is 0 Å². The highest BCUT2D eigenvalue weighted by Gasteiger charge is 2.07. The molecule has 0 fully saturated rings. The topological polar surface area (TPSA) is 29.5 Å². The van der Waals surface area contributed by atoms with Crippen molar-refractivity contribution in [2.45, 2.75) is 13.0 Å². The van der Waals surface area contributed by atoms with Gasteiger partial charge in [-0.25, -0.2) is 0 Å². The minimum Gasteiger partial charge on any atom is -0.457 e. The van der Waals surface area contributed by atoms with Crippen LogP contribution in [-0.2, 0) is 0 Å².